The van der Waals surface area contributed by atoms with Gasteiger partial charge in [0.25, 0.3) is 5.91 Å². The molecule has 0 saturated carbocycles. The van der Waals surface area contributed by atoms with Gasteiger partial charge in [0.2, 0.25) is 5.95 Å². The molecule has 1 aromatic heterocycles. The van der Waals surface area contributed by atoms with Gasteiger partial charge in [-0.1, -0.05) is 12.1 Å². The molecule has 1 amide bonds. The van der Waals surface area contributed by atoms with Crippen molar-refractivity contribution in [1.29, 1.82) is 0 Å². The Hall–Kier alpha value is -2.43. The zero-order valence-electron chi connectivity index (χ0n) is 8.97. The highest BCUT2D eigenvalue weighted by atomic mass is 16.1. The van der Waals surface area contributed by atoms with Crippen LogP contribution >= 0.6 is 0 Å². The monoisotopic (exact) mass is 226 g/mol. The molecule has 2 heterocycles. The van der Waals surface area contributed by atoms with E-state index in [1.54, 1.807) is 12.3 Å². The molecule has 84 valence electrons. The van der Waals surface area contributed by atoms with Crippen molar-refractivity contribution in [2.45, 2.75) is 6.54 Å². The Morgan fingerprint density at radius 1 is 1.29 bits per heavy atom. The van der Waals surface area contributed by atoms with Crippen molar-refractivity contribution in [2.75, 3.05) is 5.73 Å². The van der Waals surface area contributed by atoms with Crippen LogP contribution in [0.5, 0.6) is 0 Å². The predicted molar refractivity (Wildman–Crippen MR) is 63.1 cm³/mol. The van der Waals surface area contributed by atoms with Crippen LogP contribution in [0.25, 0.3) is 11.3 Å². The lowest BCUT2D eigenvalue weighted by Crippen LogP contribution is -2.12. The summed E-state index contributed by atoms with van der Waals surface area (Å²) in [4.78, 5) is 19.5. The maximum absolute atomic E-state index is 11.5. The molecular formula is C12H10N4O. The average Bonchev–Trinajstić information content (AvgIpc) is 2.71. The molecule has 0 bridgehead atoms. The summed E-state index contributed by atoms with van der Waals surface area (Å²) in [5.74, 6) is 0.191. The third-order valence-corrected chi connectivity index (χ3v) is 2.76. The first-order chi connectivity index (χ1) is 8.24. The van der Waals surface area contributed by atoms with Crippen LogP contribution < -0.4 is 11.1 Å². The van der Waals surface area contributed by atoms with Crippen LogP contribution in [0.2, 0.25) is 0 Å². The molecule has 3 N–H and O–H groups in total. The van der Waals surface area contributed by atoms with Crippen LogP contribution in [0.1, 0.15) is 15.9 Å². The molecule has 0 radical (unpaired) electrons. The number of aromatic nitrogens is 2. The lowest BCUT2D eigenvalue weighted by molar-refractivity contribution is 0.0966. The number of amides is 1. The summed E-state index contributed by atoms with van der Waals surface area (Å²) in [7, 11) is 0. The minimum absolute atomic E-state index is 0.0381. The largest absolute Gasteiger partial charge is 0.368 e. The van der Waals surface area contributed by atoms with Gasteiger partial charge in [0.15, 0.2) is 0 Å². The molecule has 0 atom stereocenters. The van der Waals surface area contributed by atoms with E-state index in [0.29, 0.717) is 12.1 Å². The van der Waals surface area contributed by atoms with E-state index in [-0.39, 0.29) is 11.9 Å². The molecule has 2 aromatic rings. The van der Waals surface area contributed by atoms with Crippen LogP contribution in [0.3, 0.4) is 0 Å². The van der Waals surface area contributed by atoms with E-state index in [4.69, 9.17) is 5.73 Å². The van der Waals surface area contributed by atoms with E-state index in [9.17, 15) is 4.79 Å². The van der Waals surface area contributed by atoms with E-state index < -0.39 is 0 Å². The smallest absolute Gasteiger partial charge is 0.251 e. The lowest BCUT2D eigenvalue weighted by atomic mass is 10.0. The highest BCUT2D eigenvalue weighted by Crippen LogP contribution is 2.23. The standard InChI is InChI=1S/C12H10N4O/c13-12-14-4-3-10(16-12)7-1-2-8-6-15-11(17)9(8)5-7/h1-5H,6H2,(H,15,17)(H2,13,14,16). The SMILES string of the molecule is Nc1nccc(-c2ccc3c(c2)C(=O)NC3)n1. The van der Waals surface area contributed by atoms with Crippen molar-refractivity contribution in [3.63, 3.8) is 0 Å². The van der Waals surface area contributed by atoms with Gasteiger partial charge in [-0.15, -0.1) is 0 Å². The van der Waals surface area contributed by atoms with Gasteiger partial charge < -0.3 is 11.1 Å². The molecule has 5 nitrogen and oxygen atoms in total. The molecule has 0 unspecified atom stereocenters. The summed E-state index contributed by atoms with van der Waals surface area (Å²) < 4.78 is 0. The second kappa shape index (κ2) is 3.55. The van der Waals surface area contributed by atoms with Gasteiger partial charge in [0, 0.05) is 23.9 Å². The Balaban J connectivity index is 2.11. The summed E-state index contributed by atoms with van der Waals surface area (Å²) in [5.41, 5.74) is 8.85. The van der Waals surface area contributed by atoms with Crippen LogP contribution in [0, 0.1) is 0 Å². The number of nitrogens with two attached hydrogens (primary N) is 1. The second-order valence-electron chi connectivity index (χ2n) is 3.85. The van der Waals surface area contributed by atoms with Crippen LogP contribution in [-0.2, 0) is 6.54 Å². The Bertz CT molecular complexity index is 609. The van der Waals surface area contributed by atoms with Gasteiger partial charge in [-0.2, -0.15) is 0 Å². The number of carbonyl (C=O) groups is 1. The molecule has 1 aromatic carbocycles. The van der Waals surface area contributed by atoms with E-state index in [2.05, 4.69) is 15.3 Å². The normalized spacial score (nSPS) is 13.3. The van der Waals surface area contributed by atoms with Crippen molar-refractivity contribution in [3.05, 3.63) is 41.6 Å². The molecule has 17 heavy (non-hydrogen) atoms. The maximum atomic E-state index is 11.5. The third kappa shape index (κ3) is 1.61. The summed E-state index contributed by atoms with van der Waals surface area (Å²) in [5, 5.41) is 2.78. The minimum Gasteiger partial charge on any atom is -0.368 e. The summed E-state index contributed by atoms with van der Waals surface area (Å²) in [6.45, 7) is 0.598. The van der Waals surface area contributed by atoms with Gasteiger partial charge >= 0.3 is 0 Å². The number of fused-ring (bicyclic) bond motifs is 1. The topological polar surface area (TPSA) is 80.9 Å². The highest BCUT2D eigenvalue weighted by Gasteiger charge is 2.19. The van der Waals surface area contributed by atoms with E-state index in [1.165, 1.54) is 0 Å². The van der Waals surface area contributed by atoms with Crippen LogP contribution in [-0.4, -0.2) is 15.9 Å². The molecule has 0 aliphatic carbocycles. The predicted octanol–water partition coefficient (Wildman–Crippen LogP) is 0.969. The Kier molecular flexibility index (Phi) is 2.04. The summed E-state index contributed by atoms with van der Waals surface area (Å²) in [6, 6.07) is 7.46. The fraction of sp³-hybridized carbons (Fsp3) is 0.0833. The number of nitrogens with one attached hydrogen (secondary N) is 1. The number of nitrogen functional groups attached to an aromatic ring is 1. The Labute approximate surface area is 97.7 Å². The van der Waals surface area contributed by atoms with Gasteiger partial charge in [-0.05, 0) is 17.7 Å². The molecule has 0 fully saturated rings. The molecule has 0 saturated heterocycles. The van der Waals surface area contributed by atoms with Crippen molar-refractivity contribution >= 4 is 11.9 Å². The number of anilines is 1. The van der Waals surface area contributed by atoms with Crippen molar-refractivity contribution < 1.29 is 4.79 Å². The zero-order chi connectivity index (χ0) is 11.8. The first-order valence-electron chi connectivity index (χ1n) is 5.24. The van der Waals surface area contributed by atoms with Crippen molar-refractivity contribution in [3.8, 4) is 11.3 Å². The van der Waals surface area contributed by atoms with Crippen LogP contribution in [0.15, 0.2) is 30.5 Å². The second-order valence-corrected chi connectivity index (χ2v) is 3.85. The fourth-order valence-electron chi connectivity index (χ4n) is 1.91. The zero-order valence-corrected chi connectivity index (χ0v) is 8.97. The van der Waals surface area contributed by atoms with E-state index in [0.717, 1.165) is 16.8 Å². The lowest BCUT2D eigenvalue weighted by Gasteiger charge is -2.03. The van der Waals surface area contributed by atoms with Crippen molar-refractivity contribution in [1.82, 2.24) is 15.3 Å². The van der Waals surface area contributed by atoms with Crippen LogP contribution in [0.4, 0.5) is 5.95 Å². The number of hydrogen-bond acceptors (Lipinski definition) is 4. The molecule has 0 spiro atoms. The Morgan fingerprint density at radius 3 is 3.00 bits per heavy atom. The molecule has 5 heteroatoms. The fourth-order valence-corrected chi connectivity index (χ4v) is 1.91. The number of benzene rings is 1. The molecule has 1 aliphatic rings. The van der Waals surface area contributed by atoms with Gasteiger partial charge in [0.05, 0.1) is 5.69 Å². The van der Waals surface area contributed by atoms with E-state index >= 15 is 0 Å². The third-order valence-electron chi connectivity index (χ3n) is 2.76. The highest BCUT2D eigenvalue weighted by molar-refractivity contribution is 5.99. The first-order valence-corrected chi connectivity index (χ1v) is 5.24. The first kappa shape index (κ1) is 9.77. The van der Waals surface area contributed by atoms with Gasteiger partial charge in [-0.25, -0.2) is 9.97 Å². The maximum Gasteiger partial charge on any atom is 0.251 e. The number of hydrogen-bond donors (Lipinski definition) is 2. The molecule has 3 rings (SSSR count). The van der Waals surface area contributed by atoms with E-state index in [1.807, 2.05) is 18.2 Å². The molecule has 1 aliphatic heterocycles. The number of nitrogens with zero attached hydrogens (tertiary/aromatic N) is 2. The number of rotatable bonds is 1. The van der Waals surface area contributed by atoms with Gasteiger partial charge in [0.1, 0.15) is 0 Å². The van der Waals surface area contributed by atoms with Crippen molar-refractivity contribution in [2.24, 2.45) is 0 Å². The molecular weight excluding hydrogens is 216 g/mol. The summed E-state index contributed by atoms with van der Waals surface area (Å²) >= 11 is 0. The van der Waals surface area contributed by atoms with Gasteiger partial charge in [-0.3, -0.25) is 4.79 Å². The quantitative estimate of drug-likeness (QED) is 0.759. The average molecular weight is 226 g/mol. The minimum atomic E-state index is -0.0381. The summed E-state index contributed by atoms with van der Waals surface area (Å²) in [6.07, 6.45) is 1.60. The number of carbonyl (C=O) groups excluding carboxylic acids is 1. The Morgan fingerprint density at radius 2 is 2.18 bits per heavy atom.